The van der Waals surface area contributed by atoms with Gasteiger partial charge in [0, 0.05) is 25.1 Å². The lowest BCUT2D eigenvalue weighted by Gasteiger charge is -2.16. The lowest BCUT2D eigenvalue weighted by Crippen LogP contribution is -2.23. The third kappa shape index (κ3) is 5.00. The van der Waals surface area contributed by atoms with Crippen LogP contribution in [-0.4, -0.2) is 38.4 Å². The Bertz CT molecular complexity index is 854. The normalized spacial score (nSPS) is 14.8. The van der Waals surface area contributed by atoms with Crippen molar-refractivity contribution in [3.63, 3.8) is 0 Å². The molecule has 0 spiro atoms. The minimum absolute atomic E-state index is 0.260. The van der Waals surface area contributed by atoms with Crippen LogP contribution < -0.4 is 5.32 Å². The molecule has 1 saturated carbocycles. The van der Waals surface area contributed by atoms with Crippen molar-refractivity contribution >= 4 is 29.6 Å². The summed E-state index contributed by atoms with van der Waals surface area (Å²) in [7, 11) is 0. The number of nitro groups is 1. The van der Waals surface area contributed by atoms with Gasteiger partial charge in [-0.3, -0.25) is 14.9 Å². The largest absolute Gasteiger partial charge is 0.433 e. The molecule has 0 aliphatic heterocycles. The first-order valence-corrected chi connectivity index (χ1v) is 10.5. The van der Waals surface area contributed by atoms with Gasteiger partial charge in [0.15, 0.2) is 5.16 Å². The Kier molecular flexibility index (Phi) is 6.85. The van der Waals surface area contributed by atoms with Crippen molar-refractivity contribution < 1.29 is 14.1 Å². The Labute approximate surface area is 166 Å². The highest BCUT2D eigenvalue weighted by molar-refractivity contribution is 7.98. The summed E-state index contributed by atoms with van der Waals surface area (Å²) in [5.41, 5.74) is 0. The number of nitrogens with zero attached hydrogens (tertiary/aromatic N) is 4. The molecule has 0 bridgehead atoms. The average Bonchev–Trinajstić information content (AvgIpc) is 3.43. The van der Waals surface area contributed by atoms with Crippen LogP contribution in [-0.2, 0) is 11.2 Å². The van der Waals surface area contributed by atoms with Crippen molar-refractivity contribution in [1.29, 1.82) is 0 Å². The molecular weight excluding hydrogens is 382 g/mol. The van der Waals surface area contributed by atoms with Crippen molar-refractivity contribution in [2.75, 3.05) is 12.8 Å². The molecule has 9 nitrogen and oxygen atoms in total. The molecule has 0 saturated heterocycles. The quantitative estimate of drug-likeness (QED) is 0.223. The molecule has 2 heterocycles. The molecular formula is C18H23N5O4S. The van der Waals surface area contributed by atoms with E-state index >= 15 is 0 Å². The summed E-state index contributed by atoms with van der Waals surface area (Å²) in [6.45, 7) is 0.508. The van der Waals surface area contributed by atoms with Crippen LogP contribution in [0.15, 0.2) is 27.8 Å². The highest BCUT2D eigenvalue weighted by Crippen LogP contribution is 2.33. The van der Waals surface area contributed by atoms with Crippen molar-refractivity contribution in [2.45, 2.75) is 49.7 Å². The number of rotatable bonds is 9. The van der Waals surface area contributed by atoms with Gasteiger partial charge in [-0.1, -0.05) is 24.6 Å². The molecule has 1 amide bonds. The number of amides is 1. The third-order valence-corrected chi connectivity index (χ3v) is 5.32. The molecule has 0 radical (unpaired) electrons. The molecule has 2 aromatic rings. The first kappa shape index (κ1) is 20.1. The van der Waals surface area contributed by atoms with Crippen LogP contribution in [0.4, 0.5) is 5.88 Å². The Balaban J connectivity index is 1.46. The zero-order valence-corrected chi connectivity index (χ0v) is 16.5. The number of aromatic nitrogens is 3. The molecule has 1 aliphatic carbocycles. The molecule has 150 valence electrons. The number of furan rings is 1. The van der Waals surface area contributed by atoms with E-state index in [0.717, 1.165) is 23.8 Å². The lowest BCUT2D eigenvalue weighted by molar-refractivity contribution is -0.402. The molecule has 28 heavy (non-hydrogen) atoms. The second-order valence-electron chi connectivity index (χ2n) is 6.57. The van der Waals surface area contributed by atoms with Gasteiger partial charge >= 0.3 is 5.88 Å². The number of nitrogens with one attached hydrogen (secondary N) is 1. The van der Waals surface area contributed by atoms with Crippen molar-refractivity contribution in [3.05, 3.63) is 39.9 Å². The van der Waals surface area contributed by atoms with Crippen molar-refractivity contribution in [2.24, 2.45) is 0 Å². The monoisotopic (exact) mass is 405 g/mol. The average molecular weight is 405 g/mol. The van der Waals surface area contributed by atoms with Crippen LogP contribution in [0.25, 0.3) is 6.08 Å². The maximum absolute atomic E-state index is 11.9. The van der Waals surface area contributed by atoms with Crippen molar-refractivity contribution in [3.8, 4) is 0 Å². The van der Waals surface area contributed by atoms with E-state index in [-0.39, 0.29) is 17.6 Å². The zero-order chi connectivity index (χ0) is 19.9. The van der Waals surface area contributed by atoms with E-state index in [4.69, 9.17) is 4.42 Å². The van der Waals surface area contributed by atoms with E-state index in [2.05, 4.69) is 20.1 Å². The van der Waals surface area contributed by atoms with E-state index in [1.807, 2.05) is 6.26 Å². The molecule has 2 aromatic heterocycles. The Morgan fingerprint density at radius 3 is 2.89 bits per heavy atom. The SMILES string of the molecule is CSc1nnc(CCCNC(=O)/C=C/c2ccc([N+](=O)[O-])o2)n1C1CCCC1. The summed E-state index contributed by atoms with van der Waals surface area (Å²) >= 11 is 1.61. The van der Waals surface area contributed by atoms with Gasteiger partial charge in [-0.05, 0) is 37.7 Å². The van der Waals surface area contributed by atoms with Gasteiger partial charge in [0.2, 0.25) is 5.91 Å². The fourth-order valence-electron chi connectivity index (χ4n) is 3.35. The Hall–Kier alpha value is -2.62. The molecule has 0 atom stereocenters. The van der Waals surface area contributed by atoms with Gasteiger partial charge in [-0.2, -0.15) is 0 Å². The fraction of sp³-hybridized carbons (Fsp3) is 0.500. The first-order valence-electron chi connectivity index (χ1n) is 9.26. The number of carbonyl (C=O) groups is 1. The number of hydrogen-bond donors (Lipinski definition) is 1. The number of thioether (sulfide) groups is 1. The third-order valence-electron chi connectivity index (χ3n) is 4.68. The van der Waals surface area contributed by atoms with Gasteiger partial charge in [0.05, 0.1) is 6.07 Å². The van der Waals surface area contributed by atoms with E-state index in [9.17, 15) is 14.9 Å². The summed E-state index contributed by atoms with van der Waals surface area (Å²) in [5, 5.41) is 23.0. The Morgan fingerprint density at radius 1 is 1.43 bits per heavy atom. The van der Waals surface area contributed by atoms with Crippen LogP contribution in [0.5, 0.6) is 0 Å². The second kappa shape index (κ2) is 9.54. The minimum atomic E-state index is -0.621. The van der Waals surface area contributed by atoms with Crippen molar-refractivity contribution in [1.82, 2.24) is 20.1 Å². The summed E-state index contributed by atoms with van der Waals surface area (Å²) in [6, 6.07) is 3.18. The molecule has 1 fully saturated rings. The maximum Gasteiger partial charge on any atom is 0.433 e. The molecule has 0 unspecified atom stereocenters. The van der Waals surface area contributed by atoms with Gasteiger partial charge in [0.25, 0.3) is 0 Å². The molecule has 1 aliphatic rings. The highest BCUT2D eigenvalue weighted by atomic mass is 32.2. The van der Waals surface area contributed by atoms with Gasteiger partial charge < -0.3 is 14.3 Å². The molecule has 1 N–H and O–H groups in total. The standard InChI is InChI=1S/C18H23N5O4S/c1-28-18-21-20-15(22(18)13-5-2-3-6-13)7-4-12-19-16(24)10-8-14-9-11-17(27-14)23(25)26/h8-11,13H,2-7,12H2,1H3,(H,19,24)/b10-8+. The van der Waals surface area contributed by atoms with Crippen LogP contribution in [0.1, 0.15) is 49.7 Å². The first-order chi connectivity index (χ1) is 13.6. The molecule has 10 heteroatoms. The summed E-state index contributed by atoms with van der Waals surface area (Å²) < 4.78 is 7.24. The summed E-state index contributed by atoms with van der Waals surface area (Å²) in [6.07, 6.45) is 11.1. The van der Waals surface area contributed by atoms with Gasteiger partial charge in [-0.15, -0.1) is 10.2 Å². The Morgan fingerprint density at radius 2 is 2.21 bits per heavy atom. The van der Waals surface area contributed by atoms with E-state index in [1.165, 1.54) is 50.0 Å². The topological polar surface area (TPSA) is 116 Å². The summed E-state index contributed by atoms with van der Waals surface area (Å²) in [4.78, 5) is 21.8. The minimum Gasteiger partial charge on any atom is -0.401 e. The van der Waals surface area contributed by atoms with Gasteiger partial charge in [0.1, 0.15) is 16.5 Å². The molecule has 0 aromatic carbocycles. The summed E-state index contributed by atoms with van der Waals surface area (Å²) in [5.74, 6) is 0.609. The zero-order valence-electron chi connectivity index (χ0n) is 15.7. The number of aryl methyl sites for hydroxylation is 1. The smallest absolute Gasteiger partial charge is 0.401 e. The number of carbonyl (C=O) groups excluding carboxylic acids is 1. The predicted molar refractivity (Wildman–Crippen MR) is 105 cm³/mol. The van der Waals surface area contributed by atoms with Crippen LogP contribution in [0.2, 0.25) is 0 Å². The lowest BCUT2D eigenvalue weighted by atomic mass is 10.2. The predicted octanol–water partition coefficient (Wildman–Crippen LogP) is 3.38. The molecule has 3 rings (SSSR count). The fourth-order valence-corrected chi connectivity index (χ4v) is 3.92. The van der Waals surface area contributed by atoms with E-state index in [1.54, 1.807) is 11.8 Å². The van der Waals surface area contributed by atoms with E-state index in [0.29, 0.717) is 12.6 Å². The second-order valence-corrected chi connectivity index (χ2v) is 7.35. The van der Waals surface area contributed by atoms with Crippen LogP contribution in [0.3, 0.4) is 0 Å². The van der Waals surface area contributed by atoms with E-state index < -0.39 is 4.92 Å². The van der Waals surface area contributed by atoms with Crippen LogP contribution >= 0.6 is 11.8 Å². The number of hydrogen-bond acceptors (Lipinski definition) is 7. The van der Waals surface area contributed by atoms with Crippen LogP contribution in [0, 0.1) is 10.1 Å². The van der Waals surface area contributed by atoms with Gasteiger partial charge in [-0.25, -0.2) is 0 Å². The highest BCUT2D eigenvalue weighted by Gasteiger charge is 2.23. The maximum atomic E-state index is 11.9.